The molecular weight excluding hydrogens is 714 g/mol. The first-order chi connectivity index (χ1) is 22.4. The molecule has 0 bridgehead atoms. The Balaban J connectivity index is 0.000000824. The number of nitrogen functional groups attached to an aromatic ring is 1. The average molecular weight is 767 g/mol. The van der Waals surface area contributed by atoms with Crippen LogP contribution in [-0.4, -0.2) is 90.4 Å². The van der Waals surface area contributed by atoms with E-state index in [2.05, 4.69) is 37.5 Å². The molecular formula is C33H52BrF4N7O4. The number of amides is 1. The molecule has 4 rings (SSSR count). The number of nitrogens with zero attached hydrogens (tertiary/aromatic N) is 5. The van der Waals surface area contributed by atoms with Gasteiger partial charge in [-0.15, -0.1) is 0 Å². The van der Waals surface area contributed by atoms with Crippen molar-refractivity contribution in [1.82, 2.24) is 14.8 Å². The lowest BCUT2D eigenvalue weighted by molar-refractivity contribution is -0.139. The topological polar surface area (TPSA) is 130 Å². The minimum atomic E-state index is -4.83. The molecule has 16 heteroatoms. The number of anilines is 3. The van der Waals surface area contributed by atoms with Gasteiger partial charge in [-0.25, -0.2) is 20.0 Å². The fourth-order valence-corrected chi connectivity index (χ4v) is 5.76. The van der Waals surface area contributed by atoms with Crippen molar-refractivity contribution >= 4 is 56.6 Å². The summed E-state index contributed by atoms with van der Waals surface area (Å²) in [6.45, 7) is 19.0. The molecule has 2 aliphatic heterocycles. The molecule has 0 atom stereocenters. The van der Waals surface area contributed by atoms with Crippen LogP contribution in [0.1, 0.15) is 80.7 Å². The van der Waals surface area contributed by atoms with Gasteiger partial charge >= 0.3 is 12.3 Å². The van der Waals surface area contributed by atoms with Gasteiger partial charge in [0.05, 0.1) is 21.3 Å². The smallest absolute Gasteiger partial charge is 0.417 e. The molecule has 0 aliphatic carbocycles. The molecule has 2 aliphatic rings. The first-order valence-corrected chi connectivity index (χ1v) is 16.9. The zero-order valence-corrected chi connectivity index (χ0v) is 32.0. The van der Waals surface area contributed by atoms with Gasteiger partial charge in [0, 0.05) is 37.6 Å². The zero-order chi connectivity index (χ0) is 37.9. The maximum absolute atomic E-state index is 15.5. The lowest BCUT2D eigenvalue weighted by Gasteiger charge is -2.52. The molecule has 0 spiro atoms. The summed E-state index contributed by atoms with van der Waals surface area (Å²) in [6.07, 6.45) is -4.47. The van der Waals surface area contributed by atoms with E-state index in [1.54, 1.807) is 25.7 Å². The average Bonchev–Trinajstić information content (AvgIpc) is 2.96. The molecule has 11 nitrogen and oxygen atoms in total. The number of hydrazine groups is 1. The fourth-order valence-electron chi connectivity index (χ4n) is 5.24. The van der Waals surface area contributed by atoms with Crippen molar-refractivity contribution in [2.24, 2.45) is 5.84 Å². The third-order valence-corrected chi connectivity index (χ3v) is 8.84. The van der Waals surface area contributed by atoms with Crippen LogP contribution >= 0.6 is 15.9 Å². The molecule has 1 aromatic heterocycles. The second-order valence-corrected chi connectivity index (χ2v) is 15.1. The molecule has 2 saturated heterocycles. The number of nitrogens with two attached hydrogens (primary N) is 2. The summed E-state index contributed by atoms with van der Waals surface area (Å²) in [6, 6.07) is 0.449. The van der Waals surface area contributed by atoms with Gasteiger partial charge in [-0.2, -0.15) is 13.2 Å². The second-order valence-electron chi connectivity index (χ2n) is 14.3. The number of hydrogen-bond donors (Lipinski definition) is 2. The van der Waals surface area contributed by atoms with Crippen molar-refractivity contribution in [3.63, 3.8) is 0 Å². The third-order valence-electron chi connectivity index (χ3n) is 8.07. The van der Waals surface area contributed by atoms with Crippen LogP contribution in [0, 0.1) is 5.82 Å². The number of likely N-dealkylation sites (tertiary alicyclic amines) is 1. The number of ether oxygens (including phenoxy) is 2. The number of carbonyl (C=O) groups excluding carboxylic acids is 2. The SMILES string of the molecule is CC.CC(C)(C)OC=O.CN(C)C1(C)CN(c2nc3c(F)c(Br)c(C(F)(F)F)cc3c(N(N)C3CCN(C(=O)OC(C)(C)C)CC3)c2N)C1. The highest BCUT2D eigenvalue weighted by atomic mass is 79.9. The Morgan fingerprint density at radius 2 is 1.61 bits per heavy atom. The summed E-state index contributed by atoms with van der Waals surface area (Å²) in [5, 5.41) is 1.18. The zero-order valence-electron chi connectivity index (χ0n) is 30.4. The Hall–Kier alpha value is -3.11. The third kappa shape index (κ3) is 10.2. The molecule has 1 amide bonds. The first-order valence-electron chi connectivity index (χ1n) is 16.1. The monoisotopic (exact) mass is 765 g/mol. The maximum Gasteiger partial charge on any atom is 0.417 e. The Bertz CT molecular complexity index is 1460. The highest BCUT2D eigenvalue weighted by molar-refractivity contribution is 9.10. The second kappa shape index (κ2) is 15.8. The summed E-state index contributed by atoms with van der Waals surface area (Å²) >= 11 is 2.78. The van der Waals surface area contributed by atoms with Crippen molar-refractivity contribution in [2.45, 2.75) is 104 Å². The number of aromatic nitrogens is 1. The molecule has 1 aromatic carbocycles. The number of hydrogen-bond acceptors (Lipinski definition) is 10. The van der Waals surface area contributed by atoms with Crippen LogP contribution in [0.15, 0.2) is 10.5 Å². The van der Waals surface area contributed by atoms with E-state index in [0.29, 0.717) is 45.5 Å². The summed E-state index contributed by atoms with van der Waals surface area (Å²) in [7, 11) is 3.89. The van der Waals surface area contributed by atoms with E-state index in [0.717, 1.165) is 6.07 Å². The van der Waals surface area contributed by atoms with Gasteiger partial charge in [-0.1, -0.05) is 13.8 Å². The number of pyridine rings is 1. The Kier molecular flexibility index (Phi) is 13.6. The van der Waals surface area contributed by atoms with Crippen LogP contribution in [-0.2, 0) is 20.4 Å². The molecule has 2 fully saturated rings. The Morgan fingerprint density at radius 3 is 2.02 bits per heavy atom. The summed E-state index contributed by atoms with van der Waals surface area (Å²) in [5.41, 5.74) is 4.13. The maximum atomic E-state index is 15.5. The predicted molar refractivity (Wildman–Crippen MR) is 189 cm³/mol. The van der Waals surface area contributed by atoms with Crippen molar-refractivity contribution in [3.05, 3.63) is 21.9 Å². The van der Waals surface area contributed by atoms with Crippen LogP contribution < -0.4 is 21.5 Å². The molecule has 0 saturated carbocycles. The number of likely N-dealkylation sites (N-methyl/N-ethyl adjacent to an activating group) is 1. The fraction of sp³-hybridized carbons (Fsp3) is 0.667. The van der Waals surface area contributed by atoms with Crippen LogP contribution in [0.4, 0.5) is 39.5 Å². The van der Waals surface area contributed by atoms with E-state index >= 15 is 4.39 Å². The summed E-state index contributed by atoms with van der Waals surface area (Å²) < 4.78 is 66.4. The van der Waals surface area contributed by atoms with Crippen molar-refractivity contribution in [1.29, 1.82) is 0 Å². The number of carbonyl (C=O) groups is 2. The minimum absolute atomic E-state index is 0.0697. The number of fused-ring (bicyclic) bond motifs is 1. The van der Waals surface area contributed by atoms with Gasteiger partial charge in [0.15, 0.2) is 11.6 Å². The number of alkyl halides is 3. The normalized spacial score (nSPS) is 16.6. The lowest BCUT2D eigenvalue weighted by Crippen LogP contribution is -2.67. The Labute approximate surface area is 295 Å². The Morgan fingerprint density at radius 1 is 1.08 bits per heavy atom. The van der Waals surface area contributed by atoms with Crippen molar-refractivity contribution in [2.75, 3.05) is 55.9 Å². The molecule has 4 N–H and O–H groups in total. The molecule has 0 unspecified atom stereocenters. The molecule has 2 aromatic rings. The van der Waals surface area contributed by atoms with E-state index in [4.69, 9.17) is 16.3 Å². The molecule has 3 heterocycles. The van der Waals surface area contributed by atoms with Crippen LogP contribution in [0.25, 0.3) is 10.9 Å². The molecule has 278 valence electrons. The number of benzene rings is 1. The van der Waals surface area contributed by atoms with E-state index < -0.39 is 33.7 Å². The van der Waals surface area contributed by atoms with Gasteiger partial charge in [0.1, 0.15) is 22.4 Å². The van der Waals surface area contributed by atoms with E-state index in [-0.39, 0.29) is 45.3 Å². The van der Waals surface area contributed by atoms with Gasteiger partial charge in [0.25, 0.3) is 6.47 Å². The van der Waals surface area contributed by atoms with Crippen molar-refractivity contribution < 1.29 is 36.6 Å². The van der Waals surface area contributed by atoms with Crippen LogP contribution in [0.5, 0.6) is 0 Å². The minimum Gasteiger partial charge on any atom is -0.462 e. The van der Waals surface area contributed by atoms with Crippen LogP contribution in [0.3, 0.4) is 0 Å². The molecule has 49 heavy (non-hydrogen) atoms. The van der Waals surface area contributed by atoms with E-state index in [1.807, 2.05) is 53.6 Å². The standard InChI is InChI=1S/C26H36BrF4N7O2.C5H10O2.C2H6/c1-24(2,3)40-23(39)36-9-7-14(8-10-36)38(33)21-15-11-16(26(29,30)31)17(27)18(28)20(15)34-22(19(21)32)37-12-25(4,13-37)35(5)6;1-5(2,3)7-4-6;1-2/h11,14H,7-10,12-13,32-33H2,1-6H3;4H,1-3H3;1-2H3. The predicted octanol–water partition coefficient (Wildman–Crippen LogP) is 6.94. The summed E-state index contributed by atoms with van der Waals surface area (Å²) in [5.74, 6) is 5.70. The van der Waals surface area contributed by atoms with Gasteiger partial charge in [0.2, 0.25) is 0 Å². The quantitative estimate of drug-likeness (QED) is 0.143. The van der Waals surface area contributed by atoms with E-state index in [1.165, 1.54) is 5.01 Å². The van der Waals surface area contributed by atoms with Gasteiger partial charge in [-0.05, 0) is 97.4 Å². The lowest BCUT2D eigenvalue weighted by atomic mass is 9.90. The highest BCUT2D eigenvalue weighted by Gasteiger charge is 2.43. The van der Waals surface area contributed by atoms with Gasteiger partial charge < -0.3 is 34.9 Å². The number of halogens is 5. The van der Waals surface area contributed by atoms with Crippen molar-refractivity contribution in [3.8, 4) is 0 Å². The largest absolute Gasteiger partial charge is 0.462 e. The van der Waals surface area contributed by atoms with E-state index in [9.17, 15) is 22.8 Å². The van der Waals surface area contributed by atoms with Crippen LogP contribution in [0.2, 0.25) is 0 Å². The number of piperidine rings is 1. The molecule has 0 radical (unpaired) electrons. The first kappa shape index (κ1) is 42.1. The highest BCUT2D eigenvalue weighted by Crippen LogP contribution is 2.46. The van der Waals surface area contributed by atoms with Gasteiger partial charge in [-0.3, -0.25) is 4.79 Å². The summed E-state index contributed by atoms with van der Waals surface area (Å²) in [4.78, 5) is 32.0. The number of rotatable bonds is 5.